The molecule has 4 rings (SSSR count). The molecule has 2 heterocycles. The third-order valence-corrected chi connectivity index (χ3v) is 4.58. The van der Waals surface area contributed by atoms with Gasteiger partial charge in [-0.05, 0) is 41.8 Å². The first kappa shape index (κ1) is 14.5. The Balaban J connectivity index is 1.41. The lowest BCUT2D eigenvalue weighted by Crippen LogP contribution is -2.50. The summed E-state index contributed by atoms with van der Waals surface area (Å²) in [6.45, 7) is 3.96. The minimum Gasteiger partial charge on any atom is -0.457 e. The molecular weight excluding hydrogens is 286 g/mol. The predicted octanol–water partition coefficient (Wildman–Crippen LogP) is 3.97. The van der Waals surface area contributed by atoms with E-state index >= 15 is 0 Å². The first-order valence-corrected chi connectivity index (χ1v) is 8.23. The van der Waals surface area contributed by atoms with Crippen molar-refractivity contribution in [2.75, 3.05) is 26.3 Å². The topological polar surface area (TPSA) is 21.7 Å². The highest BCUT2D eigenvalue weighted by Gasteiger charge is 2.26. The zero-order valence-electron chi connectivity index (χ0n) is 13.2. The van der Waals surface area contributed by atoms with Crippen molar-refractivity contribution >= 4 is 5.57 Å². The van der Waals surface area contributed by atoms with Crippen molar-refractivity contribution in [1.29, 1.82) is 0 Å². The van der Waals surface area contributed by atoms with E-state index in [9.17, 15) is 0 Å². The molecule has 2 aliphatic heterocycles. The van der Waals surface area contributed by atoms with Gasteiger partial charge >= 0.3 is 0 Å². The Morgan fingerprint density at radius 2 is 1.65 bits per heavy atom. The van der Waals surface area contributed by atoms with Gasteiger partial charge in [-0.3, -0.25) is 4.90 Å². The van der Waals surface area contributed by atoms with Gasteiger partial charge in [0.05, 0.1) is 19.3 Å². The second-order valence-corrected chi connectivity index (χ2v) is 6.11. The van der Waals surface area contributed by atoms with Crippen molar-refractivity contribution in [2.24, 2.45) is 0 Å². The van der Waals surface area contributed by atoms with E-state index in [0.717, 1.165) is 44.2 Å². The molecule has 0 spiro atoms. The summed E-state index contributed by atoms with van der Waals surface area (Å²) in [4.78, 5) is 2.51. The van der Waals surface area contributed by atoms with Crippen LogP contribution in [0.2, 0.25) is 0 Å². The molecule has 3 nitrogen and oxygen atoms in total. The summed E-state index contributed by atoms with van der Waals surface area (Å²) < 4.78 is 11.1. The number of ether oxygens (including phenoxy) is 2. The summed E-state index contributed by atoms with van der Waals surface area (Å²) in [5.41, 5.74) is 2.74. The van der Waals surface area contributed by atoms with Gasteiger partial charge in [0, 0.05) is 13.1 Å². The molecular formula is C20H21NO2. The van der Waals surface area contributed by atoms with Gasteiger partial charge in [0.2, 0.25) is 0 Å². The molecule has 118 valence electrons. The summed E-state index contributed by atoms with van der Waals surface area (Å²) in [7, 11) is 0. The molecule has 2 aromatic carbocycles. The average Bonchev–Trinajstić information content (AvgIpc) is 2.56. The monoisotopic (exact) mass is 307 g/mol. The summed E-state index contributed by atoms with van der Waals surface area (Å²) in [6, 6.07) is 18.9. The molecule has 2 aromatic rings. The number of nitrogens with zero attached hydrogens (tertiary/aromatic N) is 1. The molecule has 0 bridgehead atoms. The van der Waals surface area contributed by atoms with Crippen LogP contribution >= 0.6 is 0 Å². The lowest BCUT2D eigenvalue weighted by atomic mass is 9.98. The molecule has 0 radical (unpaired) electrons. The molecule has 3 heteroatoms. The maximum Gasteiger partial charge on any atom is 0.127 e. The van der Waals surface area contributed by atoms with E-state index in [1.165, 1.54) is 11.1 Å². The zero-order chi connectivity index (χ0) is 15.5. The fourth-order valence-corrected chi connectivity index (χ4v) is 3.07. The molecule has 0 amide bonds. The Hall–Kier alpha value is -2.10. The van der Waals surface area contributed by atoms with Gasteiger partial charge < -0.3 is 9.47 Å². The minimum absolute atomic E-state index is 0.634. The van der Waals surface area contributed by atoms with Crippen LogP contribution in [0.5, 0.6) is 11.5 Å². The van der Waals surface area contributed by atoms with Crippen molar-refractivity contribution in [2.45, 2.75) is 12.5 Å². The molecule has 0 saturated carbocycles. The Kier molecular flexibility index (Phi) is 4.14. The first-order chi connectivity index (χ1) is 11.4. The van der Waals surface area contributed by atoms with E-state index in [-0.39, 0.29) is 0 Å². The molecule has 0 unspecified atom stereocenters. The van der Waals surface area contributed by atoms with Crippen LogP contribution in [0, 0.1) is 0 Å². The van der Waals surface area contributed by atoms with E-state index in [1.54, 1.807) is 0 Å². The van der Waals surface area contributed by atoms with Crippen LogP contribution < -0.4 is 4.74 Å². The Bertz CT molecular complexity index is 675. The maximum absolute atomic E-state index is 5.85. The maximum atomic E-state index is 5.85. The van der Waals surface area contributed by atoms with Crippen LogP contribution in [-0.4, -0.2) is 37.2 Å². The predicted molar refractivity (Wildman–Crippen MR) is 91.7 cm³/mol. The summed E-state index contributed by atoms with van der Waals surface area (Å²) >= 11 is 0. The smallest absolute Gasteiger partial charge is 0.127 e. The van der Waals surface area contributed by atoms with Gasteiger partial charge in [0.1, 0.15) is 11.5 Å². The van der Waals surface area contributed by atoms with E-state index in [2.05, 4.69) is 35.2 Å². The Morgan fingerprint density at radius 1 is 0.913 bits per heavy atom. The molecule has 0 N–H and O–H groups in total. The lowest BCUT2D eigenvalue weighted by Gasteiger charge is -2.38. The number of para-hydroxylation sites is 1. The summed E-state index contributed by atoms with van der Waals surface area (Å²) in [6.07, 6.45) is 3.46. The minimum atomic E-state index is 0.634. The number of benzene rings is 2. The van der Waals surface area contributed by atoms with Gasteiger partial charge in [-0.15, -0.1) is 0 Å². The van der Waals surface area contributed by atoms with Crippen LogP contribution in [0.1, 0.15) is 12.0 Å². The van der Waals surface area contributed by atoms with Crippen molar-refractivity contribution in [3.63, 3.8) is 0 Å². The van der Waals surface area contributed by atoms with Crippen LogP contribution in [0.4, 0.5) is 0 Å². The number of hydrogen-bond acceptors (Lipinski definition) is 3. The third kappa shape index (κ3) is 3.31. The standard InChI is InChI=1S/C20H21NO2/c1-2-4-19(5-3-1)23-20-8-6-16(7-9-20)17-10-12-21(13-11-17)18-14-22-15-18/h1-10,18H,11-15H2. The molecule has 0 aliphatic carbocycles. The second-order valence-electron chi connectivity index (χ2n) is 6.11. The zero-order valence-corrected chi connectivity index (χ0v) is 13.2. The summed E-state index contributed by atoms with van der Waals surface area (Å²) in [5, 5.41) is 0. The first-order valence-electron chi connectivity index (χ1n) is 8.23. The third-order valence-electron chi connectivity index (χ3n) is 4.58. The Morgan fingerprint density at radius 3 is 2.26 bits per heavy atom. The van der Waals surface area contributed by atoms with Crippen molar-refractivity contribution in [1.82, 2.24) is 4.90 Å². The average molecular weight is 307 g/mol. The SMILES string of the molecule is C1=C(c2ccc(Oc3ccccc3)cc2)CCN(C2COC2)C1. The molecule has 1 fully saturated rings. The van der Waals surface area contributed by atoms with Crippen molar-refractivity contribution in [3.05, 3.63) is 66.2 Å². The lowest BCUT2D eigenvalue weighted by molar-refractivity contribution is -0.0612. The molecule has 23 heavy (non-hydrogen) atoms. The number of hydrogen-bond donors (Lipinski definition) is 0. The largest absolute Gasteiger partial charge is 0.457 e. The Labute approximate surface area is 137 Å². The van der Waals surface area contributed by atoms with Gasteiger partial charge in [-0.2, -0.15) is 0 Å². The normalized spacial score (nSPS) is 19.0. The van der Waals surface area contributed by atoms with Crippen molar-refractivity contribution in [3.8, 4) is 11.5 Å². The highest BCUT2D eigenvalue weighted by atomic mass is 16.5. The van der Waals surface area contributed by atoms with Crippen LogP contribution in [0.25, 0.3) is 5.57 Å². The van der Waals surface area contributed by atoms with Crippen LogP contribution in [0.3, 0.4) is 0 Å². The highest BCUT2D eigenvalue weighted by Crippen LogP contribution is 2.27. The second kappa shape index (κ2) is 6.57. The van der Waals surface area contributed by atoms with Gasteiger partial charge in [0.25, 0.3) is 0 Å². The van der Waals surface area contributed by atoms with Crippen molar-refractivity contribution < 1.29 is 9.47 Å². The number of rotatable bonds is 4. The van der Waals surface area contributed by atoms with Crippen LogP contribution in [-0.2, 0) is 4.74 Å². The van der Waals surface area contributed by atoms with Gasteiger partial charge in [0.15, 0.2) is 0 Å². The fourth-order valence-electron chi connectivity index (χ4n) is 3.07. The van der Waals surface area contributed by atoms with Crippen LogP contribution in [0.15, 0.2) is 60.7 Å². The van der Waals surface area contributed by atoms with Gasteiger partial charge in [-0.25, -0.2) is 0 Å². The highest BCUT2D eigenvalue weighted by molar-refractivity contribution is 5.67. The quantitative estimate of drug-likeness (QED) is 0.853. The van der Waals surface area contributed by atoms with E-state index < -0.39 is 0 Å². The molecule has 1 saturated heterocycles. The van der Waals surface area contributed by atoms with E-state index in [0.29, 0.717) is 6.04 Å². The summed E-state index contributed by atoms with van der Waals surface area (Å²) in [5.74, 6) is 1.75. The van der Waals surface area contributed by atoms with E-state index in [1.807, 2.05) is 30.3 Å². The molecule has 0 atom stereocenters. The molecule has 0 aromatic heterocycles. The fraction of sp³-hybridized carbons (Fsp3) is 0.300. The van der Waals surface area contributed by atoms with E-state index in [4.69, 9.17) is 9.47 Å². The van der Waals surface area contributed by atoms with Gasteiger partial charge in [-0.1, -0.05) is 36.4 Å². The molecule has 2 aliphatic rings.